The molecule has 1 aliphatic heterocycles. The van der Waals surface area contributed by atoms with Crippen molar-refractivity contribution in [1.82, 2.24) is 4.90 Å². The molecule has 0 bridgehead atoms. The highest BCUT2D eigenvalue weighted by Crippen LogP contribution is 2.38. The molecule has 2 nitrogen and oxygen atoms in total. The van der Waals surface area contributed by atoms with Gasteiger partial charge in [-0.05, 0) is 36.9 Å². The van der Waals surface area contributed by atoms with Crippen molar-refractivity contribution in [3.8, 4) is 0 Å². The number of fused-ring (bicyclic) bond motifs is 1. The maximum Gasteiger partial charge on any atom is 0.0376 e. The highest BCUT2D eigenvalue weighted by Gasteiger charge is 2.33. The Kier molecular flexibility index (Phi) is 2.83. The number of likely N-dealkylation sites (N-methyl/N-ethyl adjacent to an activating group) is 1. The van der Waals surface area contributed by atoms with Gasteiger partial charge in [-0.2, -0.15) is 0 Å². The quantitative estimate of drug-likeness (QED) is 0.855. The van der Waals surface area contributed by atoms with E-state index >= 15 is 0 Å². The molecule has 1 N–H and O–H groups in total. The molecule has 0 radical (unpaired) electrons. The van der Waals surface area contributed by atoms with Crippen LogP contribution in [0.4, 0.5) is 5.69 Å². The second-order valence-electron chi connectivity index (χ2n) is 5.86. The third-order valence-electron chi connectivity index (χ3n) is 4.29. The van der Waals surface area contributed by atoms with Crippen molar-refractivity contribution in [1.29, 1.82) is 0 Å². The van der Waals surface area contributed by atoms with Gasteiger partial charge in [0.1, 0.15) is 0 Å². The van der Waals surface area contributed by atoms with Crippen LogP contribution in [0, 0.1) is 11.8 Å². The summed E-state index contributed by atoms with van der Waals surface area (Å²) in [6.07, 6.45) is 1.43. The van der Waals surface area contributed by atoms with Crippen molar-refractivity contribution >= 4 is 5.69 Å². The average Bonchev–Trinajstić information content (AvgIpc) is 2.86. The Labute approximate surface area is 104 Å². The lowest BCUT2D eigenvalue weighted by atomic mass is 10.0. The van der Waals surface area contributed by atoms with E-state index in [9.17, 15) is 0 Å². The number of para-hydroxylation sites is 1. The van der Waals surface area contributed by atoms with Crippen molar-refractivity contribution in [2.45, 2.75) is 19.3 Å². The number of rotatable bonds is 4. The van der Waals surface area contributed by atoms with Gasteiger partial charge in [-0.25, -0.2) is 0 Å². The fourth-order valence-corrected chi connectivity index (χ4v) is 3.02. The number of anilines is 1. The topological polar surface area (TPSA) is 15.3 Å². The van der Waals surface area contributed by atoms with E-state index in [-0.39, 0.29) is 0 Å². The zero-order valence-corrected chi connectivity index (χ0v) is 10.8. The largest absolute Gasteiger partial charge is 0.384 e. The van der Waals surface area contributed by atoms with Gasteiger partial charge in [0.25, 0.3) is 0 Å². The first-order chi connectivity index (χ1) is 8.24. The molecule has 1 fully saturated rings. The van der Waals surface area contributed by atoms with Gasteiger partial charge in [-0.3, -0.25) is 0 Å². The van der Waals surface area contributed by atoms with E-state index < -0.39 is 0 Å². The summed E-state index contributed by atoms with van der Waals surface area (Å²) in [7, 11) is 2.27. The Bertz CT molecular complexity index is 402. The monoisotopic (exact) mass is 230 g/mol. The first kappa shape index (κ1) is 11.1. The minimum atomic E-state index is 0.672. The van der Waals surface area contributed by atoms with Crippen LogP contribution in [-0.2, 0) is 0 Å². The van der Waals surface area contributed by atoms with Gasteiger partial charge in [-0.1, -0.05) is 25.1 Å². The molecule has 0 amide bonds. The van der Waals surface area contributed by atoms with E-state index in [2.05, 4.69) is 48.5 Å². The van der Waals surface area contributed by atoms with Crippen LogP contribution in [0.1, 0.15) is 24.8 Å². The maximum atomic E-state index is 3.51. The van der Waals surface area contributed by atoms with Crippen LogP contribution in [0.3, 0.4) is 0 Å². The zero-order chi connectivity index (χ0) is 11.8. The molecule has 0 aromatic heterocycles. The lowest BCUT2D eigenvalue weighted by molar-refractivity contribution is 0.300. The van der Waals surface area contributed by atoms with Gasteiger partial charge in [0.15, 0.2) is 0 Å². The number of benzene rings is 1. The highest BCUT2D eigenvalue weighted by atomic mass is 15.1. The molecule has 1 aromatic carbocycles. The average molecular weight is 230 g/mol. The predicted molar refractivity (Wildman–Crippen MR) is 72.4 cm³/mol. The minimum Gasteiger partial charge on any atom is -0.384 e. The lowest BCUT2D eigenvalue weighted by Crippen LogP contribution is -2.27. The Balaban J connectivity index is 1.59. The van der Waals surface area contributed by atoms with Gasteiger partial charge in [0.2, 0.25) is 0 Å². The van der Waals surface area contributed by atoms with Gasteiger partial charge in [-0.15, -0.1) is 0 Å². The smallest absolute Gasteiger partial charge is 0.0376 e. The van der Waals surface area contributed by atoms with Crippen molar-refractivity contribution in [3.05, 3.63) is 29.8 Å². The van der Waals surface area contributed by atoms with Gasteiger partial charge < -0.3 is 10.2 Å². The molecular formula is C15H22N2. The molecule has 1 heterocycles. The van der Waals surface area contributed by atoms with Crippen LogP contribution in [0.2, 0.25) is 0 Å². The highest BCUT2D eigenvalue weighted by molar-refractivity contribution is 5.57. The van der Waals surface area contributed by atoms with Crippen molar-refractivity contribution in [2.75, 3.05) is 32.0 Å². The normalized spacial score (nSPS) is 30.2. The second-order valence-corrected chi connectivity index (χ2v) is 5.86. The zero-order valence-electron chi connectivity index (χ0n) is 10.8. The van der Waals surface area contributed by atoms with Crippen LogP contribution in [0.15, 0.2) is 24.3 Å². The molecule has 3 atom stereocenters. The third-order valence-corrected chi connectivity index (χ3v) is 4.29. The summed E-state index contributed by atoms with van der Waals surface area (Å²) in [6.45, 7) is 5.93. The van der Waals surface area contributed by atoms with E-state index in [1.165, 1.54) is 30.8 Å². The summed E-state index contributed by atoms with van der Waals surface area (Å²) in [6, 6.07) is 8.73. The maximum absolute atomic E-state index is 3.51. The molecule has 0 spiro atoms. The summed E-state index contributed by atoms with van der Waals surface area (Å²) in [4.78, 5) is 2.52. The Morgan fingerprint density at radius 1 is 1.29 bits per heavy atom. The van der Waals surface area contributed by atoms with Crippen molar-refractivity contribution in [3.63, 3.8) is 0 Å². The van der Waals surface area contributed by atoms with Gasteiger partial charge >= 0.3 is 0 Å². The molecule has 3 rings (SSSR count). The molecule has 2 aliphatic rings. The number of hydrogen-bond donors (Lipinski definition) is 1. The van der Waals surface area contributed by atoms with Gasteiger partial charge in [0, 0.05) is 31.2 Å². The third kappa shape index (κ3) is 2.32. The van der Waals surface area contributed by atoms with Crippen LogP contribution in [0.5, 0.6) is 0 Å². The van der Waals surface area contributed by atoms with E-state index in [0.29, 0.717) is 5.92 Å². The second kappa shape index (κ2) is 4.34. The SMILES string of the molecule is CC1CC1CN(C)CC1CNc2ccccc21. The number of nitrogens with zero attached hydrogens (tertiary/aromatic N) is 1. The first-order valence-corrected chi connectivity index (χ1v) is 6.75. The Morgan fingerprint density at radius 2 is 2.06 bits per heavy atom. The Morgan fingerprint density at radius 3 is 2.82 bits per heavy atom. The minimum absolute atomic E-state index is 0.672. The summed E-state index contributed by atoms with van der Waals surface area (Å²) in [5.74, 6) is 2.60. The molecule has 2 heteroatoms. The van der Waals surface area contributed by atoms with E-state index in [1.54, 1.807) is 0 Å². The summed E-state index contributed by atoms with van der Waals surface area (Å²) in [5, 5.41) is 3.51. The molecule has 1 aliphatic carbocycles. The fraction of sp³-hybridized carbons (Fsp3) is 0.600. The lowest BCUT2D eigenvalue weighted by Gasteiger charge is -2.21. The van der Waals surface area contributed by atoms with Crippen molar-refractivity contribution in [2.24, 2.45) is 11.8 Å². The van der Waals surface area contributed by atoms with E-state index in [0.717, 1.165) is 18.4 Å². The molecule has 0 saturated heterocycles. The summed E-state index contributed by atoms with van der Waals surface area (Å²) < 4.78 is 0. The first-order valence-electron chi connectivity index (χ1n) is 6.75. The molecule has 3 unspecified atom stereocenters. The Hall–Kier alpha value is -1.02. The van der Waals surface area contributed by atoms with Crippen LogP contribution >= 0.6 is 0 Å². The molecule has 1 aromatic rings. The van der Waals surface area contributed by atoms with Crippen LogP contribution in [-0.4, -0.2) is 31.6 Å². The van der Waals surface area contributed by atoms with Crippen LogP contribution in [0.25, 0.3) is 0 Å². The molecule has 92 valence electrons. The van der Waals surface area contributed by atoms with Crippen LogP contribution < -0.4 is 5.32 Å². The van der Waals surface area contributed by atoms with E-state index in [1.807, 2.05) is 0 Å². The molecular weight excluding hydrogens is 208 g/mol. The molecule has 17 heavy (non-hydrogen) atoms. The summed E-state index contributed by atoms with van der Waals surface area (Å²) in [5.41, 5.74) is 2.84. The number of nitrogens with one attached hydrogen (secondary N) is 1. The summed E-state index contributed by atoms with van der Waals surface area (Å²) >= 11 is 0. The van der Waals surface area contributed by atoms with E-state index in [4.69, 9.17) is 0 Å². The van der Waals surface area contributed by atoms with Crippen molar-refractivity contribution < 1.29 is 0 Å². The standard InChI is InChI=1S/C15H22N2/c1-11-7-12(11)9-17(2)10-13-8-16-15-6-4-3-5-14(13)15/h3-6,11-13,16H,7-10H2,1-2H3. The molecule has 1 saturated carbocycles. The fourth-order valence-electron chi connectivity index (χ4n) is 3.02. The van der Waals surface area contributed by atoms with Gasteiger partial charge in [0.05, 0.1) is 0 Å². The predicted octanol–water partition coefficient (Wildman–Crippen LogP) is 2.78. The number of hydrogen-bond acceptors (Lipinski definition) is 2.